The summed E-state index contributed by atoms with van der Waals surface area (Å²) in [5, 5.41) is 7.12. The van der Waals surface area contributed by atoms with E-state index < -0.39 is 12.1 Å². The quantitative estimate of drug-likeness (QED) is 0.786. The van der Waals surface area contributed by atoms with Crippen molar-refractivity contribution in [3.05, 3.63) is 41.9 Å². The molecule has 0 atom stereocenters. The molecule has 31 heavy (non-hydrogen) atoms. The minimum absolute atomic E-state index is 0.0247. The van der Waals surface area contributed by atoms with Crippen LogP contribution in [0, 0.1) is 0 Å². The van der Waals surface area contributed by atoms with Crippen LogP contribution >= 0.6 is 0 Å². The third-order valence-electron chi connectivity index (χ3n) is 5.32. The molecule has 8 nitrogen and oxygen atoms in total. The Morgan fingerprint density at radius 3 is 2.42 bits per heavy atom. The lowest BCUT2D eigenvalue weighted by molar-refractivity contribution is -0.192. The number of carbonyl (C=O) groups excluding carboxylic acids is 1. The highest BCUT2D eigenvalue weighted by molar-refractivity contribution is 5.91. The molecule has 0 bridgehead atoms. The summed E-state index contributed by atoms with van der Waals surface area (Å²) >= 11 is 0. The van der Waals surface area contributed by atoms with Gasteiger partial charge in [0.05, 0.1) is 12.0 Å². The number of imidazole rings is 1. The zero-order chi connectivity index (χ0) is 22.4. The van der Waals surface area contributed by atoms with Gasteiger partial charge in [0.1, 0.15) is 5.82 Å². The van der Waals surface area contributed by atoms with Gasteiger partial charge in [-0.25, -0.2) is 9.78 Å². The molecule has 4 heterocycles. The predicted octanol–water partition coefficient (Wildman–Crippen LogP) is 2.79. The van der Waals surface area contributed by atoms with Crippen molar-refractivity contribution in [2.45, 2.75) is 44.9 Å². The fourth-order valence-corrected chi connectivity index (χ4v) is 3.73. The maximum absolute atomic E-state index is 12.5. The number of hydrogen-bond donors (Lipinski definition) is 1. The number of hydrogen-bond acceptors (Lipinski definition) is 5. The van der Waals surface area contributed by atoms with Crippen molar-refractivity contribution >= 4 is 11.9 Å². The van der Waals surface area contributed by atoms with Crippen LogP contribution in [0.5, 0.6) is 0 Å². The van der Waals surface area contributed by atoms with Gasteiger partial charge in [0.15, 0.2) is 5.76 Å². The van der Waals surface area contributed by atoms with Gasteiger partial charge >= 0.3 is 12.1 Å². The molecule has 170 valence electrons. The smallest absolute Gasteiger partial charge is 0.475 e. The molecular formula is C20H25F3N4O4. The molecule has 1 N–H and O–H groups in total. The summed E-state index contributed by atoms with van der Waals surface area (Å²) in [5.41, 5.74) is 1.28. The van der Waals surface area contributed by atoms with Crippen LogP contribution in [0.15, 0.2) is 29.0 Å². The third-order valence-corrected chi connectivity index (χ3v) is 5.32. The lowest BCUT2D eigenvalue weighted by atomic mass is 10.1. The van der Waals surface area contributed by atoms with E-state index in [0.29, 0.717) is 18.8 Å². The largest absolute Gasteiger partial charge is 0.490 e. The maximum atomic E-state index is 12.5. The molecule has 1 amide bonds. The number of likely N-dealkylation sites (tertiary alicyclic amines) is 1. The van der Waals surface area contributed by atoms with E-state index in [1.54, 1.807) is 18.4 Å². The van der Waals surface area contributed by atoms with Gasteiger partial charge in [-0.05, 0) is 38.1 Å². The predicted molar refractivity (Wildman–Crippen MR) is 103 cm³/mol. The number of carbonyl (C=O) groups is 2. The first-order valence-electron chi connectivity index (χ1n) is 10.1. The highest BCUT2D eigenvalue weighted by Crippen LogP contribution is 2.18. The molecule has 1 saturated heterocycles. The maximum Gasteiger partial charge on any atom is 0.490 e. The lowest BCUT2D eigenvalue weighted by Crippen LogP contribution is -2.34. The number of amides is 1. The summed E-state index contributed by atoms with van der Waals surface area (Å²) in [5.74, 6) is -1.27. The summed E-state index contributed by atoms with van der Waals surface area (Å²) in [7, 11) is 0. The molecule has 11 heteroatoms. The number of carboxylic acid groups (broad SMARTS) is 1. The minimum Gasteiger partial charge on any atom is -0.475 e. The van der Waals surface area contributed by atoms with E-state index in [1.165, 1.54) is 38.0 Å². The number of rotatable bonds is 3. The van der Waals surface area contributed by atoms with Crippen LogP contribution in [0.1, 0.15) is 41.3 Å². The highest BCUT2D eigenvalue weighted by atomic mass is 19.4. The van der Waals surface area contributed by atoms with Gasteiger partial charge < -0.3 is 19.0 Å². The molecular weight excluding hydrogens is 417 g/mol. The van der Waals surface area contributed by atoms with Crippen molar-refractivity contribution in [3.8, 4) is 0 Å². The standard InChI is InChI=1S/C18H24N4O2.C2HF3O2/c23-18(16-5-4-12-24-16)21-9-6-17-19-13-15(22(17)11-10-21)14-20-7-2-1-3-8-20;3-2(4,5)1(6)7/h4-5,12-13H,1-3,6-11,14H2;(H,6,7). The van der Waals surface area contributed by atoms with Gasteiger partial charge in [0, 0.05) is 38.8 Å². The Bertz CT molecular complexity index is 874. The molecule has 0 saturated carbocycles. The first-order chi connectivity index (χ1) is 14.8. The molecule has 1 fully saturated rings. The van der Waals surface area contributed by atoms with Crippen LogP contribution < -0.4 is 0 Å². The number of aromatic nitrogens is 2. The van der Waals surface area contributed by atoms with Crippen LogP contribution in [-0.2, 0) is 24.3 Å². The number of carboxylic acids is 1. The van der Waals surface area contributed by atoms with Crippen LogP contribution in [0.2, 0.25) is 0 Å². The summed E-state index contributed by atoms with van der Waals surface area (Å²) < 4.78 is 39.3. The summed E-state index contributed by atoms with van der Waals surface area (Å²) in [6, 6.07) is 3.49. The number of piperidine rings is 1. The molecule has 2 aliphatic rings. The van der Waals surface area contributed by atoms with Gasteiger partial charge in [0.25, 0.3) is 5.91 Å². The number of halogens is 3. The van der Waals surface area contributed by atoms with Gasteiger partial charge in [0.2, 0.25) is 0 Å². The zero-order valence-corrected chi connectivity index (χ0v) is 17.0. The second kappa shape index (κ2) is 9.99. The number of aliphatic carboxylic acids is 1. The van der Waals surface area contributed by atoms with E-state index in [1.807, 2.05) is 11.1 Å². The summed E-state index contributed by atoms with van der Waals surface area (Å²) in [4.78, 5) is 30.4. The Kier molecular flexibility index (Phi) is 7.37. The Labute approximate surface area is 177 Å². The Balaban J connectivity index is 0.000000339. The van der Waals surface area contributed by atoms with Crippen LogP contribution in [0.4, 0.5) is 13.2 Å². The average Bonchev–Trinajstić information content (AvgIpc) is 3.34. The second-order valence-corrected chi connectivity index (χ2v) is 7.48. The van der Waals surface area contributed by atoms with E-state index in [9.17, 15) is 18.0 Å². The van der Waals surface area contributed by atoms with E-state index in [4.69, 9.17) is 14.3 Å². The molecule has 0 radical (unpaired) electrons. The first-order valence-corrected chi connectivity index (χ1v) is 10.1. The first kappa shape index (κ1) is 22.9. The number of nitrogens with zero attached hydrogens (tertiary/aromatic N) is 4. The van der Waals surface area contributed by atoms with Crippen molar-refractivity contribution in [1.82, 2.24) is 19.4 Å². The van der Waals surface area contributed by atoms with E-state index in [2.05, 4.69) is 14.5 Å². The van der Waals surface area contributed by atoms with Crippen LogP contribution in [0.25, 0.3) is 0 Å². The number of furan rings is 1. The van der Waals surface area contributed by atoms with Gasteiger partial charge in [-0.3, -0.25) is 9.69 Å². The molecule has 0 aliphatic carbocycles. The normalized spacial score (nSPS) is 17.3. The number of alkyl halides is 3. The van der Waals surface area contributed by atoms with Crippen LogP contribution in [-0.4, -0.2) is 68.7 Å². The van der Waals surface area contributed by atoms with Crippen molar-refractivity contribution in [3.63, 3.8) is 0 Å². The van der Waals surface area contributed by atoms with E-state index in [0.717, 1.165) is 25.3 Å². The van der Waals surface area contributed by atoms with E-state index in [-0.39, 0.29) is 5.91 Å². The molecule has 0 spiro atoms. The van der Waals surface area contributed by atoms with Crippen molar-refractivity contribution in [1.29, 1.82) is 0 Å². The van der Waals surface area contributed by atoms with Gasteiger partial charge in [-0.15, -0.1) is 0 Å². The average molecular weight is 442 g/mol. The van der Waals surface area contributed by atoms with Crippen LogP contribution in [0.3, 0.4) is 0 Å². The van der Waals surface area contributed by atoms with E-state index >= 15 is 0 Å². The fraction of sp³-hybridized carbons (Fsp3) is 0.550. The zero-order valence-electron chi connectivity index (χ0n) is 17.0. The van der Waals surface area contributed by atoms with Crippen molar-refractivity contribution in [2.24, 2.45) is 0 Å². The van der Waals surface area contributed by atoms with Gasteiger partial charge in [-0.1, -0.05) is 6.42 Å². The molecule has 0 unspecified atom stereocenters. The number of fused-ring (bicyclic) bond motifs is 1. The molecule has 0 aromatic carbocycles. The second-order valence-electron chi connectivity index (χ2n) is 7.48. The minimum atomic E-state index is -5.08. The Morgan fingerprint density at radius 1 is 1.10 bits per heavy atom. The lowest BCUT2D eigenvalue weighted by Gasteiger charge is -2.26. The summed E-state index contributed by atoms with van der Waals surface area (Å²) in [6.07, 6.45) is 3.23. The van der Waals surface area contributed by atoms with Crippen molar-refractivity contribution in [2.75, 3.05) is 26.2 Å². The van der Waals surface area contributed by atoms with Gasteiger partial charge in [-0.2, -0.15) is 13.2 Å². The molecule has 4 rings (SSSR count). The topological polar surface area (TPSA) is 91.8 Å². The summed E-state index contributed by atoms with van der Waals surface area (Å²) in [6.45, 7) is 5.55. The highest BCUT2D eigenvalue weighted by Gasteiger charge is 2.38. The fourth-order valence-electron chi connectivity index (χ4n) is 3.73. The van der Waals surface area contributed by atoms with Crippen molar-refractivity contribution < 1.29 is 32.3 Å². The SMILES string of the molecule is O=C(O)C(F)(F)F.O=C(c1ccco1)N1CCc2ncc(CN3CCCCC3)n2CC1. The Hall–Kier alpha value is -2.82. The monoisotopic (exact) mass is 442 g/mol. The Morgan fingerprint density at radius 2 is 1.81 bits per heavy atom. The molecule has 2 aromatic rings. The molecule has 2 aliphatic heterocycles. The third kappa shape index (κ3) is 6.09. The molecule has 2 aromatic heterocycles.